The number of ether oxygens (including phenoxy) is 1. The van der Waals surface area contributed by atoms with Gasteiger partial charge in [-0.2, -0.15) is 4.99 Å². The zero-order valence-electron chi connectivity index (χ0n) is 16.4. The van der Waals surface area contributed by atoms with Crippen LogP contribution in [0, 0.1) is 0 Å². The number of nitrogens with zero attached hydrogens (tertiary/aromatic N) is 1. The third kappa shape index (κ3) is 3.44. The molecule has 0 aliphatic carbocycles. The quantitative estimate of drug-likeness (QED) is 0.721. The van der Waals surface area contributed by atoms with Crippen molar-refractivity contribution < 1.29 is 4.74 Å². The fraction of sp³-hybridized carbons (Fsp3) is 0.235. The fourth-order valence-electron chi connectivity index (χ4n) is 2.85. The number of hydrogen-bond acceptors (Lipinski definition) is 3. The molecule has 1 atom stereocenters. The van der Waals surface area contributed by atoms with Gasteiger partial charge in [0.1, 0.15) is 15.7 Å². The van der Waals surface area contributed by atoms with Crippen molar-refractivity contribution in [2.24, 2.45) is 4.99 Å². The average molecular weight is 360 g/mol. The van der Waals surface area contributed by atoms with Gasteiger partial charge in [0, 0.05) is 10.6 Å². The summed E-state index contributed by atoms with van der Waals surface area (Å²) in [5.74, 6) is 0. The van der Waals surface area contributed by atoms with Crippen LogP contribution in [0.4, 0.5) is 5.69 Å². The first kappa shape index (κ1) is 19.1. The molecule has 2 aromatic carbocycles. The summed E-state index contributed by atoms with van der Waals surface area (Å²) >= 11 is 6.27. The largest absolute Gasteiger partial charge is 0.449 e. The van der Waals surface area contributed by atoms with Crippen LogP contribution in [0.5, 0.6) is 0 Å². The molecule has 26 heavy (non-hydrogen) atoms. The summed E-state index contributed by atoms with van der Waals surface area (Å²) in [6, 6.07) is 16.5. The van der Waals surface area contributed by atoms with E-state index in [-0.39, 0.29) is 10.5 Å². The van der Waals surface area contributed by atoms with Crippen LogP contribution < -0.4 is 5.32 Å². The molecule has 128 valence electrons. The predicted molar refractivity (Wildman–Crippen MR) is 124 cm³/mol. The van der Waals surface area contributed by atoms with Gasteiger partial charge < -0.3 is 10.1 Å². The zero-order valence-corrected chi connectivity index (χ0v) is 17.1. The van der Waals surface area contributed by atoms with Gasteiger partial charge in [0.15, 0.2) is 5.60 Å². The van der Waals surface area contributed by atoms with Crippen molar-refractivity contribution in [3.63, 3.8) is 0 Å². The molecule has 0 spiro atoms. The number of nitrogens with one attached hydrogen (secondary N) is 1. The molecule has 0 fully saturated rings. The van der Waals surface area contributed by atoms with Crippen molar-refractivity contribution in [1.29, 1.82) is 0 Å². The second-order valence-electron chi connectivity index (χ2n) is 8.58. The highest BCUT2D eigenvalue weighted by molar-refractivity contribution is 6.67. The number of rotatable bonds is 3. The molecule has 1 heterocycles. The van der Waals surface area contributed by atoms with E-state index in [0.717, 1.165) is 16.8 Å². The van der Waals surface area contributed by atoms with Crippen molar-refractivity contribution in [3.8, 4) is 0 Å². The first-order valence-corrected chi connectivity index (χ1v) is 9.32. The number of hydrogen-bond donors (Lipinski definition) is 1. The van der Waals surface area contributed by atoms with Crippen molar-refractivity contribution in [3.05, 3.63) is 64.7 Å². The second-order valence-corrected chi connectivity index (χ2v) is 9.02. The van der Waals surface area contributed by atoms with Crippen molar-refractivity contribution in [2.75, 3.05) is 0 Å². The minimum Gasteiger partial charge on any atom is -0.449 e. The lowest BCUT2D eigenvalue weighted by Gasteiger charge is -2.44. The highest BCUT2D eigenvalue weighted by Gasteiger charge is 2.41. The predicted octanol–water partition coefficient (Wildman–Crippen LogP) is -0.896. The monoisotopic (exact) mass is 360 g/mol. The number of halogens is 1. The van der Waals surface area contributed by atoms with Gasteiger partial charge in [-0.25, -0.2) is 0 Å². The molecule has 0 aromatic heterocycles. The standard InChI is InChI=1S/C17H22B5ClN2O/c1-15(10-5-3-2-4-6-10)12-9-11(23)7-8-13(12)24-14(26-15)25-17(21,22)16(18,19)20/h2-9H,18-22H2,1H3,(H,24,25). The molecule has 0 bridgehead atoms. The van der Waals surface area contributed by atoms with Gasteiger partial charge in [0.05, 0.1) is 29.2 Å². The van der Waals surface area contributed by atoms with E-state index in [9.17, 15) is 0 Å². The maximum atomic E-state index is 6.45. The van der Waals surface area contributed by atoms with Crippen molar-refractivity contribution in [2.45, 2.75) is 23.0 Å². The Hall–Kier alpha value is -1.68. The molecule has 0 saturated carbocycles. The van der Waals surface area contributed by atoms with Gasteiger partial charge in [-0.1, -0.05) is 41.9 Å². The number of benzene rings is 2. The third-order valence-corrected chi connectivity index (χ3v) is 5.85. The van der Waals surface area contributed by atoms with Crippen LogP contribution in [0.15, 0.2) is 53.5 Å². The lowest BCUT2D eigenvalue weighted by Crippen LogP contribution is -2.60. The molecule has 1 unspecified atom stereocenters. The maximum Gasteiger partial charge on any atom is 0.290 e. The molecular formula is C17H22B5ClN2O. The van der Waals surface area contributed by atoms with Crippen LogP contribution >= 0.6 is 11.6 Å². The molecule has 0 radical (unpaired) electrons. The number of amidine groups is 1. The first-order chi connectivity index (χ1) is 12.0. The van der Waals surface area contributed by atoms with Gasteiger partial charge in [0.25, 0.3) is 6.02 Å². The Morgan fingerprint density at radius 3 is 2.31 bits per heavy atom. The molecule has 1 N–H and O–H groups in total. The summed E-state index contributed by atoms with van der Waals surface area (Å²) in [5, 5.41) is 4.02. The fourth-order valence-corrected chi connectivity index (χ4v) is 3.02. The van der Waals surface area contributed by atoms with E-state index in [1.807, 2.05) is 36.4 Å². The minimum atomic E-state index is -0.667. The smallest absolute Gasteiger partial charge is 0.290 e. The Bertz CT molecular complexity index is 854. The summed E-state index contributed by atoms with van der Waals surface area (Å²) in [6.45, 7) is 2.07. The molecule has 3 rings (SSSR count). The second kappa shape index (κ2) is 6.49. The van der Waals surface area contributed by atoms with Crippen LogP contribution in [0.3, 0.4) is 0 Å². The van der Waals surface area contributed by atoms with Gasteiger partial charge >= 0.3 is 0 Å². The van der Waals surface area contributed by atoms with Crippen LogP contribution in [0.2, 0.25) is 10.1 Å². The van der Waals surface area contributed by atoms with E-state index in [0.29, 0.717) is 11.0 Å². The number of aliphatic imine (C=N–C) groups is 1. The van der Waals surface area contributed by atoms with Crippen LogP contribution in [-0.2, 0) is 10.3 Å². The summed E-state index contributed by atoms with van der Waals surface area (Å²) < 4.78 is 6.45. The molecule has 2 aromatic rings. The van der Waals surface area contributed by atoms with E-state index in [1.54, 1.807) is 0 Å². The highest BCUT2D eigenvalue weighted by atomic mass is 35.5. The maximum absolute atomic E-state index is 6.45. The van der Waals surface area contributed by atoms with E-state index in [4.69, 9.17) is 21.3 Å². The summed E-state index contributed by atoms with van der Waals surface area (Å²) in [5.41, 5.74) is 2.24. The molecule has 3 nitrogen and oxygen atoms in total. The topological polar surface area (TPSA) is 33.6 Å². The highest BCUT2D eigenvalue weighted by Crippen LogP contribution is 2.43. The molecule has 1 aliphatic rings. The zero-order chi connectivity index (χ0) is 19.2. The van der Waals surface area contributed by atoms with E-state index in [2.05, 4.69) is 63.6 Å². The Morgan fingerprint density at radius 1 is 1.04 bits per heavy atom. The van der Waals surface area contributed by atoms with Crippen LogP contribution in [0.25, 0.3) is 0 Å². The molecule has 0 saturated heterocycles. The molecule has 9 heteroatoms. The summed E-state index contributed by atoms with van der Waals surface area (Å²) in [6.07, 6.45) is 0. The van der Waals surface area contributed by atoms with Gasteiger partial charge in [-0.3, -0.25) is 0 Å². The van der Waals surface area contributed by atoms with Crippen LogP contribution in [-0.4, -0.2) is 50.6 Å². The van der Waals surface area contributed by atoms with Crippen molar-refractivity contribution >= 4 is 62.5 Å². The molecule has 1 aliphatic heterocycles. The van der Waals surface area contributed by atoms with Gasteiger partial charge in [-0.05, 0) is 36.0 Å². The lowest BCUT2D eigenvalue weighted by molar-refractivity contribution is 0.104. The Kier molecular flexibility index (Phi) is 4.77. The Balaban J connectivity index is 2.10. The van der Waals surface area contributed by atoms with Gasteiger partial charge in [0.2, 0.25) is 0 Å². The first-order valence-electron chi connectivity index (χ1n) is 8.94. The SMILES string of the molecule is BC(B)(B)C(B)(B)NC1=Nc2ccc(Cl)cc2C(C)(c2ccccc2)O1. The third-order valence-electron chi connectivity index (χ3n) is 5.61. The van der Waals surface area contributed by atoms with Gasteiger partial charge in [-0.15, -0.1) is 5.11 Å². The molecule has 0 amide bonds. The Labute approximate surface area is 165 Å². The molecular weight excluding hydrogens is 338 g/mol. The summed E-state index contributed by atoms with van der Waals surface area (Å²) in [4.78, 5) is 4.73. The average Bonchev–Trinajstić information content (AvgIpc) is 2.55. The van der Waals surface area contributed by atoms with E-state index < -0.39 is 5.60 Å². The number of fused-ring (bicyclic) bond motifs is 1. The van der Waals surface area contributed by atoms with Crippen molar-refractivity contribution in [1.82, 2.24) is 5.32 Å². The van der Waals surface area contributed by atoms with E-state index >= 15 is 0 Å². The van der Waals surface area contributed by atoms with E-state index in [1.165, 1.54) is 0 Å². The minimum absolute atomic E-state index is 0.0301. The lowest BCUT2D eigenvalue weighted by atomic mass is 9.26. The van der Waals surface area contributed by atoms with Crippen LogP contribution in [0.1, 0.15) is 18.1 Å². The summed E-state index contributed by atoms with van der Waals surface area (Å²) in [7, 11) is 10.9. The normalized spacial score (nSPS) is 19.8. The Morgan fingerprint density at radius 2 is 1.69 bits per heavy atom.